The van der Waals surface area contributed by atoms with Gasteiger partial charge in [-0.2, -0.15) is 5.10 Å². The summed E-state index contributed by atoms with van der Waals surface area (Å²) in [7, 11) is 3.49. The third kappa shape index (κ3) is 4.08. The van der Waals surface area contributed by atoms with E-state index < -0.39 is 0 Å². The summed E-state index contributed by atoms with van der Waals surface area (Å²) in [6.45, 7) is 10.7. The molecule has 1 aromatic carbocycles. The van der Waals surface area contributed by atoms with Gasteiger partial charge in [0.1, 0.15) is 5.69 Å². The minimum atomic E-state index is -0.0510. The molecule has 7 heteroatoms. The number of fused-ring (bicyclic) bond motifs is 2. The standard InChI is InChI=1S/C29H33N5O2/c1-19-15-20(23-11-12-30-34-18-22(16-25(23)34)27(35)31(5)6)7-8-21(19)17-32-13-14-33-24(28(32)36)9-10-26(33)29(2,3)4/h7-12,15-16,18H,13-14,17H2,1-6H3. The van der Waals surface area contributed by atoms with Crippen LogP contribution in [0.5, 0.6) is 0 Å². The fraction of sp³-hybridized carbons (Fsp3) is 0.345. The highest BCUT2D eigenvalue weighted by molar-refractivity contribution is 5.97. The van der Waals surface area contributed by atoms with Crippen LogP contribution in [0.2, 0.25) is 0 Å². The predicted molar refractivity (Wildman–Crippen MR) is 141 cm³/mol. The Morgan fingerprint density at radius 3 is 2.53 bits per heavy atom. The van der Waals surface area contributed by atoms with Crippen LogP contribution in [-0.2, 0) is 18.5 Å². The molecule has 36 heavy (non-hydrogen) atoms. The average molecular weight is 484 g/mol. The molecule has 7 nitrogen and oxygen atoms in total. The van der Waals surface area contributed by atoms with Crippen molar-refractivity contribution in [2.75, 3.05) is 20.6 Å². The van der Waals surface area contributed by atoms with Crippen LogP contribution >= 0.6 is 0 Å². The number of hydrogen-bond donors (Lipinski definition) is 0. The number of carbonyl (C=O) groups is 2. The van der Waals surface area contributed by atoms with E-state index in [2.05, 4.69) is 61.6 Å². The molecule has 0 radical (unpaired) electrons. The number of amides is 2. The van der Waals surface area contributed by atoms with Crippen LogP contribution in [0.1, 0.15) is 58.4 Å². The van der Waals surface area contributed by atoms with Gasteiger partial charge in [0.05, 0.1) is 11.1 Å². The topological polar surface area (TPSA) is 62.9 Å². The van der Waals surface area contributed by atoms with E-state index in [1.165, 1.54) is 5.69 Å². The summed E-state index contributed by atoms with van der Waals surface area (Å²) in [5.74, 6) is 0.0345. The van der Waals surface area contributed by atoms with Gasteiger partial charge in [-0.25, -0.2) is 4.52 Å². The first-order valence-corrected chi connectivity index (χ1v) is 12.3. The Kier molecular flexibility index (Phi) is 5.74. The first-order valence-electron chi connectivity index (χ1n) is 12.3. The lowest BCUT2D eigenvalue weighted by Gasteiger charge is -2.32. The molecule has 0 saturated carbocycles. The Balaban J connectivity index is 1.41. The highest BCUT2D eigenvalue weighted by Crippen LogP contribution is 2.30. The van der Waals surface area contributed by atoms with Crippen molar-refractivity contribution < 1.29 is 9.59 Å². The number of hydrogen-bond acceptors (Lipinski definition) is 3. The Labute approximate surface area is 211 Å². The summed E-state index contributed by atoms with van der Waals surface area (Å²) in [5, 5.41) is 4.39. The van der Waals surface area contributed by atoms with E-state index >= 15 is 0 Å². The Morgan fingerprint density at radius 2 is 1.83 bits per heavy atom. The molecule has 0 unspecified atom stereocenters. The van der Waals surface area contributed by atoms with Crippen molar-refractivity contribution in [2.24, 2.45) is 0 Å². The lowest BCUT2D eigenvalue weighted by Crippen LogP contribution is -2.40. The summed E-state index contributed by atoms with van der Waals surface area (Å²) >= 11 is 0. The van der Waals surface area contributed by atoms with Crippen molar-refractivity contribution >= 4 is 17.3 Å². The monoisotopic (exact) mass is 483 g/mol. The average Bonchev–Trinajstić information content (AvgIpc) is 3.46. The second-order valence-electron chi connectivity index (χ2n) is 10.9. The van der Waals surface area contributed by atoms with Crippen LogP contribution in [0.4, 0.5) is 0 Å². The maximum Gasteiger partial charge on any atom is 0.270 e. The van der Waals surface area contributed by atoms with Crippen LogP contribution in [0.3, 0.4) is 0 Å². The summed E-state index contributed by atoms with van der Waals surface area (Å²) in [6.07, 6.45) is 3.52. The number of benzene rings is 1. The number of carbonyl (C=O) groups excluding carboxylic acids is 2. The van der Waals surface area contributed by atoms with E-state index in [-0.39, 0.29) is 17.2 Å². The lowest BCUT2D eigenvalue weighted by atomic mass is 9.92. The second-order valence-corrected chi connectivity index (χ2v) is 10.9. The summed E-state index contributed by atoms with van der Waals surface area (Å²) in [5.41, 5.74) is 7.80. The number of aromatic nitrogens is 3. The largest absolute Gasteiger partial charge is 0.345 e. The zero-order chi connectivity index (χ0) is 25.8. The molecule has 0 bridgehead atoms. The molecule has 0 spiro atoms. The van der Waals surface area contributed by atoms with Gasteiger partial charge in [-0.3, -0.25) is 9.59 Å². The van der Waals surface area contributed by atoms with Crippen molar-refractivity contribution in [1.29, 1.82) is 0 Å². The highest BCUT2D eigenvalue weighted by Gasteiger charge is 2.29. The Morgan fingerprint density at radius 1 is 1.06 bits per heavy atom. The van der Waals surface area contributed by atoms with E-state index in [9.17, 15) is 9.59 Å². The summed E-state index contributed by atoms with van der Waals surface area (Å²) < 4.78 is 3.93. The van der Waals surface area contributed by atoms with E-state index in [1.54, 1.807) is 35.9 Å². The van der Waals surface area contributed by atoms with E-state index in [4.69, 9.17) is 0 Å². The Hall–Kier alpha value is -3.87. The molecule has 0 fully saturated rings. The molecular weight excluding hydrogens is 450 g/mol. The minimum Gasteiger partial charge on any atom is -0.345 e. The fourth-order valence-electron chi connectivity index (χ4n) is 5.06. The Bertz CT molecular complexity index is 1490. The molecule has 186 valence electrons. The summed E-state index contributed by atoms with van der Waals surface area (Å²) in [6, 6.07) is 14.3. The van der Waals surface area contributed by atoms with Gasteiger partial charge in [0.15, 0.2) is 0 Å². The molecule has 0 N–H and O–H groups in total. The van der Waals surface area contributed by atoms with Gasteiger partial charge in [-0.15, -0.1) is 0 Å². The number of aryl methyl sites for hydroxylation is 1. The molecule has 4 heterocycles. The minimum absolute atomic E-state index is 0.00596. The molecular formula is C29H33N5O2. The van der Waals surface area contributed by atoms with E-state index in [0.717, 1.165) is 40.0 Å². The molecule has 0 atom stereocenters. The third-order valence-electron chi connectivity index (χ3n) is 7.03. The van der Waals surface area contributed by atoms with Gasteiger partial charge in [-0.05, 0) is 47.9 Å². The number of nitrogens with zero attached hydrogens (tertiary/aromatic N) is 5. The lowest BCUT2D eigenvalue weighted by molar-refractivity contribution is 0.0687. The predicted octanol–water partition coefficient (Wildman–Crippen LogP) is 4.77. The SMILES string of the molecule is Cc1cc(-c2ccnn3cc(C(=O)N(C)C)cc23)ccc1CN1CCn2c(ccc2C(C)(C)C)C1=O. The zero-order valence-corrected chi connectivity index (χ0v) is 21.9. The van der Waals surface area contributed by atoms with Crippen LogP contribution in [0.15, 0.2) is 54.9 Å². The number of rotatable bonds is 4. The molecule has 1 aliphatic rings. The summed E-state index contributed by atoms with van der Waals surface area (Å²) in [4.78, 5) is 29.2. The smallest absolute Gasteiger partial charge is 0.270 e. The van der Waals surface area contributed by atoms with Crippen molar-refractivity contribution in [3.63, 3.8) is 0 Å². The van der Waals surface area contributed by atoms with E-state index in [1.807, 2.05) is 23.1 Å². The van der Waals surface area contributed by atoms with Crippen molar-refractivity contribution in [1.82, 2.24) is 24.0 Å². The maximum atomic E-state index is 13.3. The van der Waals surface area contributed by atoms with Crippen LogP contribution < -0.4 is 0 Å². The van der Waals surface area contributed by atoms with Crippen molar-refractivity contribution in [3.05, 3.63) is 82.9 Å². The fourth-order valence-corrected chi connectivity index (χ4v) is 5.06. The molecule has 0 aliphatic carbocycles. The van der Waals surface area contributed by atoms with Crippen molar-refractivity contribution in [3.8, 4) is 11.1 Å². The molecule has 4 aromatic rings. The zero-order valence-electron chi connectivity index (χ0n) is 21.9. The van der Waals surface area contributed by atoms with Crippen LogP contribution in [-0.4, -0.2) is 56.4 Å². The third-order valence-corrected chi connectivity index (χ3v) is 7.03. The van der Waals surface area contributed by atoms with Gasteiger partial charge < -0.3 is 14.4 Å². The molecule has 1 aliphatic heterocycles. The van der Waals surface area contributed by atoms with Crippen LogP contribution in [0, 0.1) is 6.92 Å². The van der Waals surface area contributed by atoms with Gasteiger partial charge in [0.25, 0.3) is 11.8 Å². The van der Waals surface area contributed by atoms with Gasteiger partial charge >= 0.3 is 0 Å². The normalized spacial score (nSPS) is 13.8. The van der Waals surface area contributed by atoms with Crippen molar-refractivity contribution in [2.45, 2.75) is 46.2 Å². The molecule has 0 saturated heterocycles. The second kappa shape index (κ2) is 8.66. The van der Waals surface area contributed by atoms with Gasteiger partial charge in [0, 0.05) is 62.8 Å². The molecule has 2 amide bonds. The molecule has 5 rings (SSSR count). The van der Waals surface area contributed by atoms with Crippen LogP contribution in [0.25, 0.3) is 16.6 Å². The first-order chi connectivity index (χ1) is 17.0. The highest BCUT2D eigenvalue weighted by atomic mass is 16.2. The van der Waals surface area contributed by atoms with Gasteiger partial charge in [0.2, 0.25) is 0 Å². The van der Waals surface area contributed by atoms with E-state index in [0.29, 0.717) is 18.7 Å². The van der Waals surface area contributed by atoms with Gasteiger partial charge in [-0.1, -0.05) is 39.0 Å². The maximum absolute atomic E-state index is 13.3. The quantitative estimate of drug-likeness (QED) is 0.420. The molecule has 3 aromatic heterocycles. The first kappa shape index (κ1) is 23.9.